The fraction of sp³-hybridized carbons (Fsp3) is 0.205. The maximum atomic E-state index is 14.5. The normalized spacial score (nSPS) is 18.4. The first-order valence-corrected chi connectivity index (χ1v) is 19.5. The van der Waals surface area contributed by atoms with Gasteiger partial charge in [-0.1, -0.05) is 60.7 Å². The van der Waals surface area contributed by atoms with Crippen molar-refractivity contribution in [1.82, 2.24) is 5.32 Å². The standard InChI is InChI=1S/C44H37IN4O7/c1-2-55-39-23-28(22-38(45)41(39)56-26-27-13-15-31(16-14-27)49(53)54)21-37-42(50)46-44(52)48(43(37)51)32-24-35-33(29-9-5-3-6-10-29)17-19-47-20-18-34(36(25-32)40(35)47)30-11-7-4-8-12-30/h3-16,21-25,33-34H,2,17-20,26H2,1H3,(H,46,50,52)/b37-21+/t33-,34-/m1/s1. The Morgan fingerprint density at radius 3 is 2.02 bits per heavy atom. The number of imide groups is 2. The Bertz CT molecular complexity index is 2310. The molecule has 0 saturated carbocycles. The highest BCUT2D eigenvalue weighted by Gasteiger charge is 2.40. The first-order valence-electron chi connectivity index (χ1n) is 18.5. The SMILES string of the molecule is CCOc1cc(/C=C2\C(=O)NC(=O)N(c3cc4c5c(c3)[C@@H](c3ccccc3)CCN5CC[C@@H]4c3ccccc3)C2=O)cc(I)c1OCc1ccc([N+](=O)[O-])cc1. The average Bonchev–Trinajstić information content (AvgIpc) is 3.20. The van der Waals surface area contributed by atoms with Crippen LogP contribution in [0, 0.1) is 13.7 Å². The van der Waals surface area contributed by atoms with E-state index in [1.165, 1.54) is 29.3 Å². The fourth-order valence-electron chi connectivity index (χ4n) is 7.97. The van der Waals surface area contributed by atoms with E-state index in [9.17, 15) is 24.5 Å². The summed E-state index contributed by atoms with van der Waals surface area (Å²) in [4.78, 5) is 55.7. The van der Waals surface area contributed by atoms with Crippen LogP contribution < -0.4 is 24.6 Å². The van der Waals surface area contributed by atoms with Crippen molar-refractivity contribution in [1.29, 1.82) is 0 Å². The first kappa shape index (κ1) is 36.9. The summed E-state index contributed by atoms with van der Waals surface area (Å²) in [6.45, 7) is 4.07. The molecular weight excluding hydrogens is 823 g/mol. The molecule has 1 N–H and O–H groups in total. The lowest BCUT2D eigenvalue weighted by atomic mass is 9.76. The number of non-ortho nitro benzene ring substituents is 1. The van der Waals surface area contributed by atoms with Crippen LogP contribution in [0.3, 0.4) is 0 Å². The molecule has 2 atom stereocenters. The van der Waals surface area contributed by atoms with Gasteiger partial charge in [-0.05, 0) is 118 Å². The highest BCUT2D eigenvalue weighted by Crippen LogP contribution is 2.50. The second-order valence-corrected chi connectivity index (χ2v) is 15.1. The molecule has 3 heterocycles. The number of anilines is 2. The van der Waals surface area contributed by atoms with E-state index < -0.39 is 22.8 Å². The van der Waals surface area contributed by atoms with Gasteiger partial charge in [0.15, 0.2) is 11.5 Å². The van der Waals surface area contributed by atoms with Gasteiger partial charge < -0.3 is 14.4 Å². The lowest BCUT2D eigenvalue weighted by molar-refractivity contribution is -0.384. The number of hydrogen-bond acceptors (Lipinski definition) is 8. The number of nitro groups is 1. The Hall–Kier alpha value is -6.02. The highest BCUT2D eigenvalue weighted by atomic mass is 127. The fourth-order valence-corrected chi connectivity index (χ4v) is 8.75. The molecule has 4 amide bonds. The lowest BCUT2D eigenvalue weighted by Gasteiger charge is -2.44. The molecule has 0 aliphatic carbocycles. The van der Waals surface area contributed by atoms with Gasteiger partial charge in [0.2, 0.25) is 0 Å². The number of nitro benzene ring substituents is 1. The summed E-state index contributed by atoms with van der Waals surface area (Å²) in [6.07, 6.45) is 3.23. The molecule has 5 aromatic carbocycles. The number of amides is 4. The van der Waals surface area contributed by atoms with E-state index in [0.717, 1.165) is 53.2 Å². The summed E-state index contributed by atoms with van der Waals surface area (Å²) in [7, 11) is 0. The largest absolute Gasteiger partial charge is 0.490 e. The zero-order valence-electron chi connectivity index (χ0n) is 30.4. The van der Waals surface area contributed by atoms with Gasteiger partial charge in [0.25, 0.3) is 17.5 Å². The quantitative estimate of drug-likeness (QED) is 0.0485. The van der Waals surface area contributed by atoms with Crippen molar-refractivity contribution in [2.45, 2.75) is 38.2 Å². The zero-order chi connectivity index (χ0) is 38.9. The summed E-state index contributed by atoms with van der Waals surface area (Å²) in [6, 6.07) is 33.2. The number of hydrogen-bond donors (Lipinski definition) is 1. The molecule has 0 aromatic heterocycles. The molecule has 3 aliphatic heterocycles. The van der Waals surface area contributed by atoms with E-state index >= 15 is 0 Å². The van der Waals surface area contributed by atoms with Crippen LogP contribution in [0.1, 0.15) is 65.0 Å². The van der Waals surface area contributed by atoms with Crippen molar-refractivity contribution >= 4 is 63.6 Å². The van der Waals surface area contributed by atoms with Crippen molar-refractivity contribution in [2.75, 3.05) is 29.5 Å². The molecule has 0 unspecified atom stereocenters. The van der Waals surface area contributed by atoms with Gasteiger partial charge in [0.05, 0.1) is 20.8 Å². The Labute approximate surface area is 337 Å². The van der Waals surface area contributed by atoms with Gasteiger partial charge in [-0.3, -0.25) is 25.0 Å². The number of barbiturate groups is 1. The predicted molar refractivity (Wildman–Crippen MR) is 221 cm³/mol. The van der Waals surface area contributed by atoms with Crippen LogP contribution in [0.2, 0.25) is 0 Å². The van der Waals surface area contributed by atoms with Crippen molar-refractivity contribution in [3.63, 3.8) is 0 Å². The highest BCUT2D eigenvalue weighted by molar-refractivity contribution is 14.1. The number of nitrogens with one attached hydrogen (secondary N) is 1. The van der Waals surface area contributed by atoms with E-state index in [4.69, 9.17) is 9.47 Å². The van der Waals surface area contributed by atoms with Gasteiger partial charge >= 0.3 is 6.03 Å². The third kappa shape index (κ3) is 7.12. The average molecular weight is 861 g/mol. The monoisotopic (exact) mass is 860 g/mol. The minimum atomic E-state index is -0.806. The molecule has 0 bridgehead atoms. The number of benzene rings is 5. The number of rotatable bonds is 10. The minimum Gasteiger partial charge on any atom is -0.490 e. The van der Waals surface area contributed by atoms with Crippen LogP contribution in [0.5, 0.6) is 11.5 Å². The molecular formula is C44H37IN4O7. The van der Waals surface area contributed by atoms with Crippen LogP contribution in [0.25, 0.3) is 6.08 Å². The van der Waals surface area contributed by atoms with Crippen LogP contribution >= 0.6 is 22.6 Å². The van der Waals surface area contributed by atoms with Crippen LogP contribution in [0.15, 0.2) is 115 Å². The Morgan fingerprint density at radius 2 is 1.45 bits per heavy atom. The maximum Gasteiger partial charge on any atom is 0.335 e. The molecule has 11 nitrogen and oxygen atoms in total. The van der Waals surface area contributed by atoms with E-state index in [1.54, 1.807) is 24.3 Å². The summed E-state index contributed by atoms with van der Waals surface area (Å²) >= 11 is 2.10. The van der Waals surface area contributed by atoms with Crippen molar-refractivity contribution in [2.24, 2.45) is 0 Å². The summed E-state index contributed by atoms with van der Waals surface area (Å²) in [5.41, 5.74) is 7.01. The lowest BCUT2D eigenvalue weighted by Crippen LogP contribution is -2.54. The molecule has 3 aliphatic rings. The predicted octanol–water partition coefficient (Wildman–Crippen LogP) is 8.72. The first-order chi connectivity index (χ1) is 27.2. The molecule has 5 aromatic rings. The number of halogens is 1. The third-order valence-corrected chi connectivity index (χ3v) is 11.3. The maximum absolute atomic E-state index is 14.5. The van der Waals surface area contributed by atoms with E-state index in [1.807, 2.05) is 55.5 Å². The van der Waals surface area contributed by atoms with Gasteiger partial charge in [-0.2, -0.15) is 0 Å². The molecule has 12 heteroatoms. The van der Waals surface area contributed by atoms with Crippen LogP contribution in [-0.4, -0.2) is 42.5 Å². The van der Waals surface area contributed by atoms with Crippen molar-refractivity contribution in [3.05, 3.63) is 162 Å². The molecule has 282 valence electrons. The summed E-state index contributed by atoms with van der Waals surface area (Å²) in [5, 5.41) is 13.5. The smallest absolute Gasteiger partial charge is 0.335 e. The van der Waals surface area contributed by atoms with Crippen LogP contribution in [-0.2, 0) is 16.2 Å². The van der Waals surface area contributed by atoms with Crippen LogP contribution in [0.4, 0.5) is 21.9 Å². The Kier molecular flexibility index (Phi) is 10.3. The summed E-state index contributed by atoms with van der Waals surface area (Å²) < 4.78 is 12.7. The van der Waals surface area contributed by atoms with Gasteiger partial charge in [0, 0.05) is 42.7 Å². The van der Waals surface area contributed by atoms with Gasteiger partial charge in [-0.25, -0.2) is 9.69 Å². The van der Waals surface area contributed by atoms with Crippen molar-refractivity contribution < 1.29 is 28.8 Å². The van der Waals surface area contributed by atoms with E-state index in [0.29, 0.717) is 32.9 Å². The summed E-state index contributed by atoms with van der Waals surface area (Å²) in [5.74, 6) is -0.582. The second-order valence-electron chi connectivity index (χ2n) is 13.9. The van der Waals surface area contributed by atoms with E-state index in [2.05, 4.69) is 57.1 Å². The Morgan fingerprint density at radius 1 is 0.839 bits per heavy atom. The minimum absolute atomic E-state index is 0.0158. The molecule has 1 saturated heterocycles. The molecule has 1 fully saturated rings. The van der Waals surface area contributed by atoms with E-state index in [-0.39, 0.29) is 29.7 Å². The van der Waals surface area contributed by atoms with Gasteiger partial charge in [-0.15, -0.1) is 0 Å². The number of carbonyl (C=O) groups is 3. The number of carbonyl (C=O) groups excluding carboxylic acids is 3. The molecule has 0 radical (unpaired) electrons. The number of urea groups is 1. The number of ether oxygens (including phenoxy) is 2. The van der Waals surface area contributed by atoms with Crippen molar-refractivity contribution in [3.8, 4) is 11.5 Å². The molecule has 56 heavy (non-hydrogen) atoms. The topological polar surface area (TPSA) is 131 Å². The Balaban J connectivity index is 1.17. The zero-order valence-corrected chi connectivity index (χ0v) is 32.6. The molecule has 8 rings (SSSR count). The third-order valence-electron chi connectivity index (χ3n) is 10.5. The van der Waals surface area contributed by atoms with Gasteiger partial charge in [0.1, 0.15) is 12.2 Å². The number of nitrogens with zero attached hydrogens (tertiary/aromatic N) is 3. The molecule has 0 spiro atoms. The second kappa shape index (κ2) is 15.6.